The Hall–Kier alpha value is -6.76. The fraction of sp³-hybridized carbons (Fsp3) is 0.133. The lowest BCUT2D eigenvalue weighted by molar-refractivity contribution is 0.590. The van der Waals surface area contributed by atoms with Gasteiger partial charge in [0, 0.05) is 0 Å². The van der Waals surface area contributed by atoms with E-state index >= 15 is 0 Å². The molecule has 0 atom stereocenters. The second kappa shape index (κ2) is 14.5. The van der Waals surface area contributed by atoms with Crippen LogP contribution in [0, 0.1) is 0 Å². The van der Waals surface area contributed by atoms with E-state index in [2.05, 4.69) is 236 Å². The SMILES string of the molecule is CC(C)(C)c1ccc(-c2ccc3cc(-c4ccc(-c5ccc(-c6ccc7cc(-c8ccc(C(C)(C)C)cc8)ccc7c6)c6ccccc56)c5ccccc45)ccc3c2)cc1. The number of hydrogen-bond donors (Lipinski definition) is 0. The highest BCUT2D eigenvalue weighted by Gasteiger charge is 2.17. The van der Waals surface area contributed by atoms with Gasteiger partial charge in [0.25, 0.3) is 0 Å². The monoisotopic (exact) mass is 770 g/mol. The predicted octanol–water partition coefficient (Wildman–Crippen LogP) is 17.2. The summed E-state index contributed by atoms with van der Waals surface area (Å²) in [5.41, 5.74) is 15.5. The minimum Gasteiger partial charge on any atom is -0.0616 e. The van der Waals surface area contributed by atoms with E-state index in [0.29, 0.717) is 0 Å². The van der Waals surface area contributed by atoms with Gasteiger partial charge in [0.05, 0.1) is 0 Å². The fourth-order valence-corrected chi connectivity index (χ4v) is 9.08. The molecule has 0 saturated heterocycles. The molecule has 0 spiro atoms. The molecule has 10 aromatic rings. The van der Waals surface area contributed by atoms with Crippen LogP contribution in [0.25, 0.3) is 98.7 Å². The minimum atomic E-state index is 0.143. The van der Waals surface area contributed by atoms with Crippen LogP contribution >= 0.6 is 0 Å². The van der Waals surface area contributed by atoms with Crippen LogP contribution in [0.2, 0.25) is 0 Å². The molecule has 0 fully saturated rings. The first-order valence-corrected chi connectivity index (χ1v) is 21.3. The van der Waals surface area contributed by atoms with Gasteiger partial charge in [-0.2, -0.15) is 0 Å². The number of fused-ring (bicyclic) bond motifs is 4. The zero-order valence-corrected chi connectivity index (χ0v) is 35.5. The normalized spacial score (nSPS) is 12.2. The summed E-state index contributed by atoms with van der Waals surface area (Å²) in [4.78, 5) is 0. The van der Waals surface area contributed by atoms with Gasteiger partial charge >= 0.3 is 0 Å². The third kappa shape index (κ3) is 6.87. The standard InChI is InChI=1S/C60H50/c1-59(2,3)49-27-23-39(24-28-49)41-15-17-45-37-47(21-19-43(45)35-41)51-31-33-57(55-13-9-7-11-53(51)55)58-34-32-52(54-12-8-10-14-56(54)58)48-22-20-44-36-42(16-18-46(44)38-48)40-25-29-50(30-26-40)60(4,5)6/h7-38H,1-6H3. The van der Waals surface area contributed by atoms with Crippen LogP contribution in [0.15, 0.2) is 194 Å². The Morgan fingerprint density at radius 2 is 0.500 bits per heavy atom. The third-order valence-corrected chi connectivity index (χ3v) is 12.6. The second-order valence-corrected chi connectivity index (χ2v) is 18.6. The summed E-state index contributed by atoms with van der Waals surface area (Å²) in [6, 6.07) is 72.7. The first-order valence-electron chi connectivity index (χ1n) is 21.3. The van der Waals surface area contributed by atoms with Crippen molar-refractivity contribution in [3.63, 3.8) is 0 Å². The zero-order valence-electron chi connectivity index (χ0n) is 35.5. The summed E-state index contributed by atoms with van der Waals surface area (Å²) in [5.74, 6) is 0. The highest BCUT2D eigenvalue weighted by atomic mass is 14.2. The van der Waals surface area contributed by atoms with Crippen LogP contribution in [-0.2, 0) is 10.8 Å². The largest absolute Gasteiger partial charge is 0.0616 e. The molecule has 290 valence electrons. The van der Waals surface area contributed by atoms with Crippen molar-refractivity contribution in [2.24, 2.45) is 0 Å². The van der Waals surface area contributed by atoms with Gasteiger partial charge < -0.3 is 0 Å². The Balaban J connectivity index is 0.985. The maximum Gasteiger partial charge on any atom is -0.00987 e. The molecule has 10 rings (SSSR count). The molecular weight excluding hydrogens is 721 g/mol. The first-order chi connectivity index (χ1) is 29.0. The van der Waals surface area contributed by atoms with E-state index in [-0.39, 0.29) is 10.8 Å². The highest BCUT2D eigenvalue weighted by molar-refractivity contribution is 6.13. The van der Waals surface area contributed by atoms with Crippen LogP contribution in [-0.4, -0.2) is 0 Å². The van der Waals surface area contributed by atoms with Gasteiger partial charge in [0.2, 0.25) is 0 Å². The van der Waals surface area contributed by atoms with E-state index in [1.807, 2.05) is 0 Å². The van der Waals surface area contributed by atoms with Gasteiger partial charge in [0.15, 0.2) is 0 Å². The average molecular weight is 771 g/mol. The molecule has 0 aliphatic rings. The van der Waals surface area contributed by atoms with Gasteiger partial charge in [-0.25, -0.2) is 0 Å². The summed E-state index contributed by atoms with van der Waals surface area (Å²) in [6.45, 7) is 13.6. The Bertz CT molecular complexity index is 3010. The van der Waals surface area contributed by atoms with Gasteiger partial charge in [-0.15, -0.1) is 0 Å². The summed E-state index contributed by atoms with van der Waals surface area (Å²) >= 11 is 0. The summed E-state index contributed by atoms with van der Waals surface area (Å²) in [5, 5.41) is 10.0. The van der Waals surface area contributed by atoms with Crippen molar-refractivity contribution in [2.45, 2.75) is 52.4 Å². The first kappa shape index (κ1) is 37.5. The summed E-state index contributed by atoms with van der Waals surface area (Å²) < 4.78 is 0. The maximum absolute atomic E-state index is 2.35. The Labute approximate surface area is 354 Å². The van der Waals surface area contributed by atoms with E-state index in [0.717, 1.165) is 0 Å². The lowest BCUT2D eigenvalue weighted by atomic mass is 9.86. The maximum atomic E-state index is 2.35. The van der Waals surface area contributed by atoms with Crippen LogP contribution in [0.1, 0.15) is 52.7 Å². The number of benzene rings is 10. The van der Waals surface area contributed by atoms with Crippen LogP contribution in [0.3, 0.4) is 0 Å². The molecular formula is C60H50. The van der Waals surface area contributed by atoms with E-state index in [4.69, 9.17) is 0 Å². The Morgan fingerprint density at radius 3 is 0.833 bits per heavy atom. The smallest absolute Gasteiger partial charge is 0.00987 e. The molecule has 0 aliphatic heterocycles. The molecule has 0 N–H and O–H groups in total. The molecule has 60 heavy (non-hydrogen) atoms. The molecule has 0 heterocycles. The van der Waals surface area contributed by atoms with Crippen molar-refractivity contribution in [3.8, 4) is 55.6 Å². The van der Waals surface area contributed by atoms with Crippen molar-refractivity contribution < 1.29 is 0 Å². The van der Waals surface area contributed by atoms with Crippen LogP contribution < -0.4 is 0 Å². The van der Waals surface area contributed by atoms with Crippen molar-refractivity contribution >= 4 is 43.1 Å². The summed E-state index contributed by atoms with van der Waals surface area (Å²) in [7, 11) is 0. The topological polar surface area (TPSA) is 0 Å². The Morgan fingerprint density at radius 1 is 0.233 bits per heavy atom. The molecule has 0 heteroatoms. The van der Waals surface area contributed by atoms with Gasteiger partial charge in [-0.1, -0.05) is 211 Å². The van der Waals surface area contributed by atoms with E-state index in [9.17, 15) is 0 Å². The van der Waals surface area contributed by atoms with E-state index in [1.54, 1.807) is 0 Å². The molecule has 0 unspecified atom stereocenters. The second-order valence-electron chi connectivity index (χ2n) is 18.6. The third-order valence-electron chi connectivity index (χ3n) is 12.6. The average Bonchev–Trinajstić information content (AvgIpc) is 3.27. The molecule has 0 nitrogen and oxygen atoms in total. The van der Waals surface area contributed by atoms with Gasteiger partial charge in [-0.3, -0.25) is 0 Å². The molecule has 0 saturated carbocycles. The number of hydrogen-bond acceptors (Lipinski definition) is 0. The zero-order chi connectivity index (χ0) is 41.2. The van der Waals surface area contributed by atoms with E-state index in [1.165, 1.54) is 110 Å². The van der Waals surface area contributed by atoms with Crippen molar-refractivity contribution in [3.05, 3.63) is 205 Å². The molecule has 0 aliphatic carbocycles. The van der Waals surface area contributed by atoms with Crippen LogP contribution in [0.5, 0.6) is 0 Å². The molecule has 0 radical (unpaired) electrons. The fourth-order valence-electron chi connectivity index (χ4n) is 9.08. The van der Waals surface area contributed by atoms with Crippen LogP contribution in [0.4, 0.5) is 0 Å². The van der Waals surface area contributed by atoms with Gasteiger partial charge in [-0.05, 0) is 145 Å². The lowest BCUT2D eigenvalue weighted by Gasteiger charge is -2.19. The van der Waals surface area contributed by atoms with Crippen molar-refractivity contribution in [2.75, 3.05) is 0 Å². The lowest BCUT2D eigenvalue weighted by Crippen LogP contribution is -2.10. The molecule has 0 bridgehead atoms. The predicted molar refractivity (Wildman–Crippen MR) is 261 cm³/mol. The van der Waals surface area contributed by atoms with Crippen molar-refractivity contribution in [1.82, 2.24) is 0 Å². The van der Waals surface area contributed by atoms with Crippen molar-refractivity contribution in [1.29, 1.82) is 0 Å². The molecule has 0 aromatic heterocycles. The van der Waals surface area contributed by atoms with Gasteiger partial charge in [0.1, 0.15) is 0 Å². The quantitative estimate of drug-likeness (QED) is 0.163. The Kier molecular flexibility index (Phi) is 9.07. The number of rotatable bonds is 5. The summed E-state index contributed by atoms with van der Waals surface area (Å²) in [6.07, 6.45) is 0. The van der Waals surface area contributed by atoms with E-state index < -0.39 is 0 Å². The molecule has 10 aromatic carbocycles. The molecule has 0 amide bonds. The highest BCUT2D eigenvalue weighted by Crippen LogP contribution is 2.42. The minimum absolute atomic E-state index is 0.143.